The molecule has 0 spiro atoms. The molecule has 1 aromatic rings. The van der Waals surface area contributed by atoms with Gasteiger partial charge in [0.05, 0.1) is 6.33 Å². The van der Waals surface area contributed by atoms with Crippen LogP contribution in [0.4, 0.5) is 18.9 Å². The van der Waals surface area contributed by atoms with Gasteiger partial charge in [0.1, 0.15) is 5.69 Å². The van der Waals surface area contributed by atoms with Gasteiger partial charge in [0.25, 0.3) is 0 Å². The summed E-state index contributed by atoms with van der Waals surface area (Å²) < 4.78 is 39.3. The normalized spacial score (nSPS) is 21.7. The number of allylic oxidation sites excluding steroid dienone is 1. The van der Waals surface area contributed by atoms with Gasteiger partial charge in [-0.3, -0.25) is 4.99 Å². The number of aliphatic imine (C=N–C) groups is 1. The third-order valence-electron chi connectivity index (χ3n) is 4.87. The Morgan fingerprint density at radius 2 is 1.61 bits per heavy atom. The average Bonchev–Trinajstić information content (AvgIpc) is 2.54. The third kappa shape index (κ3) is 5.22. The zero-order valence-electron chi connectivity index (χ0n) is 13.4. The van der Waals surface area contributed by atoms with E-state index in [0.29, 0.717) is 30.1 Å². The van der Waals surface area contributed by atoms with Crippen LogP contribution in [0.1, 0.15) is 50.5 Å². The SMILES string of the molecule is C=Nc1c(F)cc(CCC2CCC(CC/C=C/F)CC2)cc1F. The molecule has 0 atom stereocenters. The fourth-order valence-corrected chi connectivity index (χ4v) is 3.49. The minimum atomic E-state index is -0.639. The van der Waals surface area contributed by atoms with Crippen LogP contribution in [0.2, 0.25) is 0 Å². The molecule has 0 saturated heterocycles. The number of hydrogen-bond acceptors (Lipinski definition) is 1. The van der Waals surface area contributed by atoms with Crippen molar-refractivity contribution in [2.75, 3.05) is 0 Å². The van der Waals surface area contributed by atoms with Gasteiger partial charge in [0.2, 0.25) is 0 Å². The zero-order chi connectivity index (χ0) is 16.7. The molecule has 0 radical (unpaired) electrons. The van der Waals surface area contributed by atoms with Gasteiger partial charge in [-0.05, 0) is 61.9 Å². The van der Waals surface area contributed by atoms with E-state index < -0.39 is 11.6 Å². The molecule has 1 nitrogen and oxygen atoms in total. The summed E-state index contributed by atoms with van der Waals surface area (Å²) in [4.78, 5) is 3.37. The lowest BCUT2D eigenvalue weighted by molar-refractivity contribution is 0.254. The maximum Gasteiger partial charge on any atom is 0.152 e. The molecule has 1 aliphatic carbocycles. The Morgan fingerprint density at radius 3 is 2.13 bits per heavy atom. The van der Waals surface area contributed by atoms with Crippen molar-refractivity contribution in [1.82, 2.24) is 0 Å². The van der Waals surface area contributed by atoms with E-state index in [1.54, 1.807) is 6.08 Å². The van der Waals surface area contributed by atoms with Crippen LogP contribution in [0.5, 0.6) is 0 Å². The summed E-state index contributed by atoms with van der Waals surface area (Å²) in [6.07, 6.45) is 10.4. The van der Waals surface area contributed by atoms with Gasteiger partial charge in [-0.2, -0.15) is 0 Å². The quantitative estimate of drug-likeness (QED) is 0.522. The van der Waals surface area contributed by atoms with E-state index >= 15 is 0 Å². The smallest absolute Gasteiger partial charge is 0.152 e. The molecule has 0 unspecified atom stereocenters. The van der Waals surface area contributed by atoms with Crippen molar-refractivity contribution < 1.29 is 13.2 Å². The Labute approximate surface area is 136 Å². The molecule has 0 heterocycles. The van der Waals surface area contributed by atoms with Crippen LogP contribution in [-0.4, -0.2) is 6.72 Å². The number of nitrogens with zero attached hydrogens (tertiary/aromatic N) is 1. The predicted octanol–water partition coefficient (Wildman–Crippen LogP) is 6.30. The summed E-state index contributed by atoms with van der Waals surface area (Å²) in [7, 11) is 0. The summed E-state index contributed by atoms with van der Waals surface area (Å²) in [5.41, 5.74) is 0.388. The summed E-state index contributed by atoms with van der Waals surface area (Å²) in [5.74, 6) is 0.0286. The van der Waals surface area contributed by atoms with Crippen LogP contribution in [0.3, 0.4) is 0 Å². The van der Waals surface area contributed by atoms with Crippen LogP contribution in [0.15, 0.2) is 29.5 Å². The molecule has 0 amide bonds. The van der Waals surface area contributed by atoms with Crippen LogP contribution >= 0.6 is 0 Å². The van der Waals surface area contributed by atoms with Gasteiger partial charge >= 0.3 is 0 Å². The van der Waals surface area contributed by atoms with Gasteiger partial charge in [-0.1, -0.05) is 31.8 Å². The predicted molar refractivity (Wildman–Crippen MR) is 88.8 cm³/mol. The summed E-state index contributed by atoms with van der Waals surface area (Å²) >= 11 is 0. The van der Waals surface area contributed by atoms with Crippen LogP contribution in [0, 0.1) is 23.5 Å². The lowest BCUT2D eigenvalue weighted by Gasteiger charge is -2.28. The molecule has 0 aliphatic heterocycles. The maximum absolute atomic E-state index is 13.7. The van der Waals surface area contributed by atoms with Gasteiger partial charge in [0.15, 0.2) is 11.6 Å². The molecule has 1 aliphatic rings. The Balaban J connectivity index is 1.78. The van der Waals surface area contributed by atoms with Crippen LogP contribution in [-0.2, 0) is 6.42 Å². The van der Waals surface area contributed by atoms with Gasteiger partial charge in [-0.25, -0.2) is 13.2 Å². The van der Waals surface area contributed by atoms with E-state index in [4.69, 9.17) is 0 Å². The lowest BCUT2D eigenvalue weighted by atomic mass is 9.78. The van der Waals surface area contributed by atoms with Crippen LogP contribution < -0.4 is 0 Å². The highest BCUT2D eigenvalue weighted by molar-refractivity contribution is 5.48. The first-order valence-corrected chi connectivity index (χ1v) is 8.34. The highest BCUT2D eigenvalue weighted by atomic mass is 19.1. The van der Waals surface area contributed by atoms with E-state index in [1.807, 2.05) is 0 Å². The topological polar surface area (TPSA) is 12.4 Å². The molecule has 126 valence electrons. The number of halogens is 3. The van der Waals surface area contributed by atoms with Crippen LogP contribution in [0.25, 0.3) is 0 Å². The zero-order valence-corrected chi connectivity index (χ0v) is 13.4. The number of hydrogen-bond donors (Lipinski definition) is 0. The molecule has 2 rings (SSSR count). The second-order valence-electron chi connectivity index (χ2n) is 6.43. The first-order chi connectivity index (χ1) is 11.1. The van der Waals surface area contributed by atoms with E-state index in [0.717, 1.165) is 32.1 Å². The molecule has 23 heavy (non-hydrogen) atoms. The Hall–Kier alpha value is -1.58. The fraction of sp³-hybridized carbons (Fsp3) is 0.526. The molecule has 4 heteroatoms. The molecule has 1 fully saturated rings. The highest BCUT2D eigenvalue weighted by Crippen LogP contribution is 2.34. The summed E-state index contributed by atoms with van der Waals surface area (Å²) in [6.45, 7) is 3.18. The second-order valence-corrected chi connectivity index (χ2v) is 6.43. The summed E-state index contributed by atoms with van der Waals surface area (Å²) in [5, 5.41) is 0. The van der Waals surface area contributed by atoms with Crippen molar-refractivity contribution in [3.8, 4) is 0 Å². The number of benzene rings is 1. The summed E-state index contributed by atoms with van der Waals surface area (Å²) in [6, 6.07) is 2.73. The average molecular weight is 323 g/mol. The lowest BCUT2D eigenvalue weighted by Crippen LogP contribution is -2.15. The minimum Gasteiger partial charge on any atom is -0.258 e. The van der Waals surface area contributed by atoms with E-state index in [-0.39, 0.29) is 5.69 Å². The van der Waals surface area contributed by atoms with Crippen molar-refractivity contribution in [1.29, 1.82) is 0 Å². The first kappa shape index (κ1) is 17.8. The molecule has 1 saturated carbocycles. The van der Waals surface area contributed by atoms with Gasteiger partial charge < -0.3 is 0 Å². The monoisotopic (exact) mass is 323 g/mol. The Morgan fingerprint density at radius 1 is 1.04 bits per heavy atom. The van der Waals surface area contributed by atoms with Crippen molar-refractivity contribution in [2.24, 2.45) is 16.8 Å². The Kier molecular flexibility index (Phi) is 6.87. The van der Waals surface area contributed by atoms with Crippen molar-refractivity contribution >= 4 is 12.4 Å². The van der Waals surface area contributed by atoms with E-state index in [9.17, 15) is 13.2 Å². The molecule has 1 aromatic carbocycles. The third-order valence-corrected chi connectivity index (χ3v) is 4.87. The molecule has 0 N–H and O–H groups in total. The molecular formula is C19H24F3N. The first-order valence-electron chi connectivity index (χ1n) is 8.34. The number of rotatable bonds is 7. The maximum atomic E-state index is 13.7. The number of aryl methyl sites for hydroxylation is 1. The molecular weight excluding hydrogens is 299 g/mol. The van der Waals surface area contributed by atoms with Crippen molar-refractivity contribution in [2.45, 2.75) is 51.4 Å². The Bertz CT molecular complexity index is 523. The van der Waals surface area contributed by atoms with E-state index in [2.05, 4.69) is 11.7 Å². The van der Waals surface area contributed by atoms with Crippen molar-refractivity contribution in [3.05, 3.63) is 41.7 Å². The van der Waals surface area contributed by atoms with Crippen molar-refractivity contribution in [3.63, 3.8) is 0 Å². The largest absolute Gasteiger partial charge is 0.258 e. The van der Waals surface area contributed by atoms with E-state index in [1.165, 1.54) is 25.0 Å². The molecule has 0 aromatic heterocycles. The standard InChI is InChI=1S/C19H24F3N/c1-23-19-17(21)12-16(13-18(19)22)10-9-15-7-5-14(6-8-15)4-2-3-11-20/h3,11-15H,1-2,4-10H2/b11-3+. The second kappa shape index (κ2) is 8.90. The van der Waals surface area contributed by atoms with Gasteiger partial charge in [0, 0.05) is 0 Å². The van der Waals surface area contributed by atoms with Gasteiger partial charge in [-0.15, -0.1) is 0 Å². The fourth-order valence-electron chi connectivity index (χ4n) is 3.49. The minimum absolute atomic E-state index is 0.295. The highest BCUT2D eigenvalue weighted by Gasteiger charge is 2.20. The molecule has 0 bridgehead atoms.